The highest BCUT2D eigenvalue weighted by atomic mass is 79.9. The van der Waals surface area contributed by atoms with Gasteiger partial charge in [-0.25, -0.2) is 4.98 Å². The van der Waals surface area contributed by atoms with Crippen LogP contribution >= 0.6 is 15.9 Å². The number of fused-ring (bicyclic) bond motifs is 1. The van der Waals surface area contributed by atoms with E-state index < -0.39 is 5.54 Å². The topological polar surface area (TPSA) is 99.2 Å². The van der Waals surface area contributed by atoms with Gasteiger partial charge in [0.15, 0.2) is 0 Å². The Kier molecular flexibility index (Phi) is 4.55. The number of carbonyl (C=O) groups excluding carboxylic acids is 1. The number of halogens is 1. The lowest BCUT2D eigenvalue weighted by atomic mass is 9.94. The first kappa shape index (κ1) is 18.2. The number of anilines is 3. The van der Waals surface area contributed by atoms with Crippen molar-refractivity contribution in [2.45, 2.75) is 38.3 Å². The van der Waals surface area contributed by atoms with Crippen LogP contribution in [0, 0.1) is 5.92 Å². The number of nitrogens with one attached hydrogen (secondary N) is 3. The van der Waals surface area contributed by atoms with Crippen molar-refractivity contribution < 1.29 is 9.90 Å². The number of aliphatic hydroxyl groups excluding tert-OH is 1. The zero-order valence-electron chi connectivity index (χ0n) is 15.2. The molecular weight excluding hydrogens is 410 g/mol. The second-order valence-corrected chi connectivity index (χ2v) is 8.48. The molecule has 1 aliphatic heterocycles. The summed E-state index contributed by atoms with van der Waals surface area (Å²) < 4.78 is 0.747. The standard InChI is InChI=1S/C19H22BrN5O2/c1-19(2)13-7-11(5-6-12(13)17(27)25-19)22-18-21-8-14(20)16(24-18)23-15(9-26)10-3-4-10/h5-8,10,15,26H,3-4,9H2,1-2H3,(H,25,27)(H2,21,22,23,24)/t15-/m1/s1. The van der Waals surface area contributed by atoms with Crippen molar-refractivity contribution >= 4 is 39.3 Å². The molecule has 1 amide bonds. The number of carbonyl (C=O) groups is 1. The highest BCUT2D eigenvalue weighted by Crippen LogP contribution is 2.35. The normalized spacial score (nSPS) is 18.6. The molecule has 1 aromatic carbocycles. The molecule has 8 heteroatoms. The lowest BCUT2D eigenvalue weighted by Crippen LogP contribution is -2.32. The molecule has 0 spiro atoms. The van der Waals surface area contributed by atoms with Gasteiger partial charge in [0.25, 0.3) is 5.91 Å². The SMILES string of the molecule is CC1(C)NC(=O)c2ccc(Nc3ncc(Br)c(N[C@H](CO)C4CC4)n3)cc21. The lowest BCUT2D eigenvalue weighted by molar-refractivity contribution is 0.0940. The van der Waals surface area contributed by atoms with Gasteiger partial charge in [0.2, 0.25) is 5.95 Å². The highest BCUT2D eigenvalue weighted by molar-refractivity contribution is 9.10. The van der Waals surface area contributed by atoms with Gasteiger partial charge in [-0.3, -0.25) is 4.79 Å². The fourth-order valence-corrected chi connectivity index (χ4v) is 3.71. The predicted octanol–water partition coefficient (Wildman–Crippen LogP) is 3.14. The van der Waals surface area contributed by atoms with Crippen LogP contribution in [0.3, 0.4) is 0 Å². The molecule has 1 saturated carbocycles. The first-order valence-electron chi connectivity index (χ1n) is 9.01. The molecule has 1 atom stereocenters. The summed E-state index contributed by atoms with van der Waals surface area (Å²) in [5, 5.41) is 19.1. The van der Waals surface area contributed by atoms with Crippen LogP contribution in [0.2, 0.25) is 0 Å². The minimum absolute atomic E-state index is 0.00179. The summed E-state index contributed by atoms with van der Waals surface area (Å²) in [6, 6.07) is 5.61. The lowest BCUT2D eigenvalue weighted by Gasteiger charge is -2.20. The first-order valence-corrected chi connectivity index (χ1v) is 9.80. The minimum atomic E-state index is -0.407. The van der Waals surface area contributed by atoms with Gasteiger partial charge in [-0.15, -0.1) is 0 Å². The Hall–Kier alpha value is -2.19. The number of rotatable bonds is 6. The Morgan fingerprint density at radius 3 is 2.89 bits per heavy atom. The third kappa shape index (κ3) is 3.64. The fraction of sp³-hybridized carbons (Fsp3) is 0.421. The highest BCUT2D eigenvalue weighted by Gasteiger charge is 2.35. The first-order chi connectivity index (χ1) is 12.9. The molecule has 0 radical (unpaired) electrons. The monoisotopic (exact) mass is 431 g/mol. The van der Waals surface area contributed by atoms with Crippen molar-refractivity contribution in [2.24, 2.45) is 5.92 Å². The van der Waals surface area contributed by atoms with Crippen molar-refractivity contribution in [1.29, 1.82) is 0 Å². The number of aromatic nitrogens is 2. The maximum Gasteiger partial charge on any atom is 0.252 e. The summed E-state index contributed by atoms with van der Waals surface area (Å²) >= 11 is 3.46. The van der Waals surface area contributed by atoms with Gasteiger partial charge < -0.3 is 21.1 Å². The Morgan fingerprint density at radius 1 is 1.41 bits per heavy atom. The molecule has 0 saturated heterocycles. The quantitative estimate of drug-likeness (QED) is 0.560. The Balaban J connectivity index is 1.56. The summed E-state index contributed by atoms with van der Waals surface area (Å²) in [6.07, 6.45) is 3.94. The van der Waals surface area contributed by atoms with Gasteiger partial charge in [0.1, 0.15) is 5.82 Å². The molecule has 0 unspecified atom stereocenters. The van der Waals surface area contributed by atoms with Crippen molar-refractivity contribution in [2.75, 3.05) is 17.2 Å². The molecular formula is C19H22BrN5O2. The van der Waals surface area contributed by atoms with Crippen LogP contribution in [0.5, 0.6) is 0 Å². The second-order valence-electron chi connectivity index (χ2n) is 7.63. The summed E-state index contributed by atoms with van der Waals surface area (Å²) in [5.41, 5.74) is 2.05. The van der Waals surface area contributed by atoms with Crippen LogP contribution in [0.15, 0.2) is 28.9 Å². The largest absolute Gasteiger partial charge is 0.394 e. The van der Waals surface area contributed by atoms with Crippen molar-refractivity contribution in [3.8, 4) is 0 Å². The van der Waals surface area contributed by atoms with E-state index in [4.69, 9.17) is 0 Å². The summed E-state index contributed by atoms with van der Waals surface area (Å²) in [6.45, 7) is 4.03. The number of hydrogen-bond acceptors (Lipinski definition) is 6. The molecule has 27 heavy (non-hydrogen) atoms. The molecule has 7 nitrogen and oxygen atoms in total. The van der Waals surface area contributed by atoms with Crippen LogP contribution in [-0.2, 0) is 5.54 Å². The Bertz CT molecular complexity index is 898. The van der Waals surface area contributed by atoms with Gasteiger partial charge in [0.05, 0.1) is 22.7 Å². The average Bonchev–Trinajstić information content (AvgIpc) is 3.43. The van der Waals surface area contributed by atoms with Gasteiger partial charge in [-0.05, 0) is 72.3 Å². The molecule has 2 aliphatic rings. The average molecular weight is 432 g/mol. The molecule has 1 aromatic heterocycles. The maximum absolute atomic E-state index is 12.0. The zero-order chi connectivity index (χ0) is 19.2. The van der Waals surface area contributed by atoms with E-state index in [2.05, 4.69) is 41.8 Å². The molecule has 142 valence electrons. The minimum Gasteiger partial charge on any atom is -0.394 e. The summed E-state index contributed by atoms with van der Waals surface area (Å²) in [4.78, 5) is 20.9. The van der Waals surface area contributed by atoms with Crippen molar-refractivity contribution in [1.82, 2.24) is 15.3 Å². The molecule has 0 bridgehead atoms. The molecule has 1 aliphatic carbocycles. The van der Waals surface area contributed by atoms with E-state index in [1.165, 1.54) is 0 Å². The summed E-state index contributed by atoms with van der Waals surface area (Å²) in [7, 11) is 0. The van der Waals surface area contributed by atoms with E-state index in [1.54, 1.807) is 6.20 Å². The van der Waals surface area contributed by atoms with E-state index in [9.17, 15) is 9.90 Å². The van der Waals surface area contributed by atoms with E-state index in [-0.39, 0.29) is 18.6 Å². The van der Waals surface area contributed by atoms with Crippen LogP contribution in [0.4, 0.5) is 17.5 Å². The van der Waals surface area contributed by atoms with Crippen molar-refractivity contribution in [3.05, 3.63) is 40.0 Å². The van der Waals surface area contributed by atoms with Gasteiger partial charge in [0, 0.05) is 17.4 Å². The van der Waals surface area contributed by atoms with Gasteiger partial charge in [-0.2, -0.15) is 4.98 Å². The maximum atomic E-state index is 12.0. The van der Waals surface area contributed by atoms with E-state index in [1.807, 2.05) is 32.0 Å². The molecule has 2 heterocycles. The molecule has 4 rings (SSSR count). The summed E-state index contributed by atoms with van der Waals surface area (Å²) in [5.74, 6) is 1.54. The van der Waals surface area contributed by atoms with Gasteiger partial charge in [-0.1, -0.05) is 0 Å². The van der Waals surface area contributed by atoms with Gasteiger partial charge >= 0.3 is 0 Å². The zero-order valence-corrected chi connectivity index (χ0v) is 16.8. The van der Waals surface area contributed by atoms with Crippen LogP contribution < -0.4 is 16.0 Å². The van der Waals surface area contributed by atoms with E-state index in [0.29, 0.717) is 23.2 Å². The molecule has 2 aromatic rings. The Labute approximate surface area is 166 Å². The predicted molar refractivity (Wildman–Crippen MR) is 107 cm³/mol. The molecule has 1 fully saturated rings. The number of aliphatic hydroxyl groups is 1. The Morgan fingerprint density at radius 2 is 2.19 bits per heavy atom. The number of benzene rings is 1. The third-order valence-corrected chi connectivity index (χ3v) is 5.65. The third-order valence-electron chi connectivity index (χ3n) is 5.07. The van der Waals surface area contributed by atoms with E-state index >= 15 is 0 Å². The smallest absolute Gasteiger partial charge is 0.252 e. The second kappa shape index (κ2) is 6.76. The van der Waals surface area contributed by atoms with Crippen LogP contribution in [0.1, 0.15) is 42.6 Å². The van der Waals surface area contributed by atoms with Crippen LogP contribution in [0.25, 0.3) is 0 Å². The number of amides is 1. The van der Waals surface area contributed by atoms with E-state index in [0.717, 1.165) is 28.6 Å². The number of hydrogen-bond donors (Lipinski definition) is 4. The molecule has 4 N–H and O–H groups in total. The fourth-order valence-electron chi connectivity index (χ4n) is 3.40. The van der Waals surface area contributed by atoms with Crippen molar-refractivity contribution in [3.63, 3.8) is 0 Å². The van der Waals surface area contributed by atoms with Crippen LogP contribution in [-0.4, -0.2) is 33.6 Å². The number of nitrogens with zero attached hydrogens (tertiary/aromatic N) is 2.